The van der Waals surface area contributed by atoms with Gasteiger partial charge in [-0.15, -0.1) is 0 Å². The molecule has 0 aromatic heterocycles. The molecule has 11 heteroatoms. The lowest BCUT2D eigenvalue weighted by atomic mass is 10.0. The molecule has 6 rings (SSSR count). The first kappa shape index (κ1) is 27.3. The molecule has 0 fully saturated rings. The molecular formula is C30H26N2O6S3. The fourth-order valence-electron chi connectivity index (χ4n) is 5.41. The summed E-state index contributed by atoms with van der Waals surface area (Å²) in [5, 5.41) is 1.99. The van der Waals surface area contributed by atoms with Gasteiger partial charge in [0.15, 0.2) is 0 Å². The Hall–Kier alpha value is -3.93. The van der Waals surface area contributed by atoms with E-state index in [0.717, 1.165) is 6.26 Å². The predicted octanol–water partition coefficient (Wildman–Crippen LogP) is 5.29. The van der Waals surface area contributed by atoms with Crippen molar-refractivity contribution in [2.75, 3.05) is 20.8 Å². The highest BCUT2D eigenvalue weighted by Crippen LogP contribution is 2.39. The molecule has 0 spiro atoms. The number of nitrogens with zero attached hydrogens (tertiary/aromatic N) is 2. The number of hydrogen-bond acceptors (Lipinski definition) is 6. The van der Waals surface area contributed by atoms with Crippen LogP contribution in [0.3, 0.4) is 0 Å². The van der Waals surface area contributed by atoms with Crippen molar-refractivity contribution < 1.29 is 25.3 Å². The summed E-state index contributed by atoms with van der Waals surface area (Å²) in [5.41, 5.74) is 0.776. The normalized spacial score (nSPS) is 14.2. The summed E-state index contributed by atoms with van der Waals surface area (Å²) in [6.45, 7) is 0.210. The Labute approximate surface area is 239 Å². The minimum absolute atomic E-state index is 0.180. The summed E-state index contributed by atoms with van der Waals surface area (Å²) in [6, 6.07) is 27.4. The Morgan fingerprint density at radius 3 is 1.68 bits per heavy atom. The molecule has 0 radical (unpaired) electrons. The first-order valence-electron chi connectivity index (χ1n) is 12.9. The molecule has 0 unspecified atom stereocenters. The van der Waals surface area contributed by atoms with Crippen molar-refractivity contribution in [1.82, 2.24) is 0 Å². The van der Waals surface area contributed by atoms with Crippen LogP contribution in [0.2, 0.25) is 0 Å². The second-order valence-electron chi connectivity index (χ2n) is 9.91. The maximum atomic E-state index is 14.6. The molecule has 0 aliphatic carbocycles. The monoisotopic (exact) mass is 606 g/mol. The van der Waals surface area contributed by atoms with Crippen molar-refractivity contribution in [1.29, 1.82) is 0 Å². The third-order valence-electron chi connectivity index (χ3n) is 7.25. The number of hydrogen-bond donors (Lipinski definition) is 0. The van der Waals surface area contributed by atoms with Crippen molar-refractivity contribution in [2.45, 2.75) is 22.6 Å². The molecule has 1 aliphatic rings. The summed E-state index contributed by atoms with van der Waals surface area (Å²) in [4.78, 5) is -0.366. The Morgan fingerprint density at radius 1 is 0.634 bits per heavy atom. The highest BCUT2D eigenvalue weighted by molar-refractivity contribution is 8.10. The van der Waals surface area contributed by atoms with Gasteiger partial charge in [0.1, 0.15) is 0 Å². The van der Waals surface area contributed by atoms with Crippen molar-refractivity contribution in [3.63, 3.8) is 0 Å². The molecule has 1 heterocycles. The summed E-state index contributed by atoms with van der Waals surface area (Å²) in [6.07, 6.45) is 2.24. The Kier molecular flexibility index (Phi) is 6.55. The average molecular weight is 607 g/mol. The van der Waals surface area contributed by atoms with Gasteiger partial charge in [0, 0.05) is 17.3 Å². The number of fused-ring (bicyclic) bond motifs is 3. The molecule has 0 amide bonds. The Bertz CT molecular complexity index is 2040. The topological polar surface area (TPSA) is 109 Å². The van der Waals surface area contributed by atoms with Crippen LogP contribution in [0.5, 0.6) is 0 Å². The molecule has 1 aliphatic heterocycles. The molecule has 0 saturated heterocycles. The van der Waals surface area contributed by atoms with Crippen LogP contribution in [-0.2, 0) is 36.5 Å². The van der Waals surface area contributed by atoms with E-state index in [0.29, 0.717) is 43.7 Å². The van der Waals surface area contributed by atoms with Crippen LogP contribution in [0, 0.1) is 0 Å². The molecular weight excluding hydrogens is 581 g/mol. The highest BCUT2D eigenvalue weighted by atomic mass is 32.3. The van der Waals surface area contributed by atoms with Gasteiger partial charge in [-0.05, 0) is 53.4 Å². The van der Waals surface area contributed by atoms with Crippen LogP contribution in [0.1, 0.15) is 12.0 Å². The van der Waals surface area contributed by atoms with E-state index in [2.05, 4.69) is 0 Å². The van der Waals surface area contributed by atoms with Gasteiger partial charge < -0.3 is 0 Å². The van der Waals surface area contributed by atoms with Gasteiger partial charge in [-0.3, -0.25) is 4.31 Å². The third-order valence-corrected chi connectivity index (χ3v) is 12.7. The first-order chi connectivity index (χ1) is 19.5. The van der Waals surface area contributed by atoms with Crippen LogP contribution in [-0.4, -0.2) is 38.1 Å². The second kappa shape index (κ2) is 9.86. The minimum atomic E-state index is -4.76. The van der Waals surface area contributed by atoms with Crippen LogP contribution in [0.25, 0.3) is 21.5 Å². The zero-order valence-electron chi connectivity index (χ0n) is 22.0. The summed E-state index contributed by atoms with van der Waals surface area (Å²) in [5.74, 6) is 0. The van der Waals surface area contributed by atoms with Crippen molar-refractivity contribution in [3.05, 3.63) is 109 Å². The van der Waals surface area contributed by atoms with E-state index in [-0.39, 0.29) is 27.7 Å². The van der Waals surface area contributed by atoms with E-state index >= 15 is 0 Å². The molecule has 0 saturated carbocycles. The van der Waals surface area contributed by atoms with Gasteiger partial charge in [0.2, 0.25) is 10.0 Å². The molecule has 0 atom stereocenters. The average Bonchev–Trinajstić information content (AvgIpc) is 2.95. The summed E-state index contributed by atoms with van der Waals surface area (Å²) < 4.78 is 85.2. The summed E-state index contributed by atoms with van der Waals surface area (Å²) in [7, 11) is -13.2. The van der Waals surface area contributed by atoms with E-state index in [1.165, 1.54) is 28.6 Å². The Balaban J connectivity index is 1.66. The molecule has 0 N–H and O–H groups in total. The van der Waals surface area contributed by atoms with E-state index in [9.17, 15) is 25.3 Å². The molecule has 0 bridgehead atoms. The maximum Gasteiger partial charge on any atom is 0.278 e. The second-order valence-corrected chi connectivity index (χ2v) is 15.6. The quantitative estimate of drug-likeness (QED) is 0.260. The SMILES string of the molecule is CS(=O)(=O)N1CCCc2ccc(N(S(=O)(=O)c3cccc4ccccc34)S(=O)(=O)c3cccc4ccccc34)cc21. The van der Waals surface area contributed by atoms with Gasteiger partial charge in [-0.2, -0.15) is 20.5 Å². The number of sulfonamides is 3. The van der Waals surface area contributed by atoms with E-state index in [1.807, 2.05) is 0 Å². The third kappa shape index (κ3) is 4.63. The van der Waals surface area contributed by atoms with Gasteiger partial charge in [0.05, 0.1) is 27.4 Å². The first-order valence-corrected chi connectivity index (χ1v) is 17.6. The van der Waals surface area contributed by atoms with Gasteiger partial charge in [0.25, 0.3) is 20.0 Å². The number of aryl methyl sites for hydroxylation is 1. The largest absolute Gasteiger partial charge is 0.278 e. The minimum Gasteiger partial charge on any atom is -0.270 e. The van der Waals surface area contributed by atoms with Crippen molar-refractivity contribution >= 4 is 63.0 Å². The number of rotatable bonds is 6. The lowest BCUT2D eigenvalue weighted by Gasteiger charge is -2.31. The standard InChI is InChI=1S/C30H26N2O6S3/c1-39(33,34)31-20-8-13-24-18-19-25(21-28(24)31)32(40(35,36)29-16-6-11-22-9-2-4-14-26(22)29)41(37,38)30-17-7-12-23-10-3-5-15-27(23)30/h2-7,9-12,14-19,21H,8,13,20H2,1H3. The van der Waals surface area contributed by atoms with Crippen LogP contribution in [0.4, 0.5) is 11.4 Å². The van der Waals surface area contributed by atoms with Crippen LogP contribution in [0.15, 0.2) is 113 Å². The van der Waals surface area contributed by atoms with E-state index in [1.54, 1.807) is 78.9 Å². The number of benzene rings is 5. The lowest BCUT2D eigenvalue weighted by molar-refractivity contribution is 0.585. The molecule has 8 nitrogen and oxygen atoms in total. The summed E-state index contributed by atoms with van der Waals surface area (Å²) >= 11 is 0. The zero-order chi connectivity index (χ0) is 29.0. The Morgan fingerprint density at radius 2 is 1.15 bits per heavy atom. The number of anilines is 2. The van der Waals surface area contributed by atoms with E-state index in [4.69, 9.17) is 0 Å². The van der Waals surface area contributed by atoms with E-state index < -0.39 is 30.1 Å². The fourth-order valence-corrected chi connectivity index (χ4v) is 10.5. The van der Waals surface area contributed by atoms with Crippen molar-refractivity contribution in [3.8, 4) is 0 Å². The molecule has 5 aromatic rings. The maximum absolute atomic E-state index is 14.6. The van der Waals surface area contributed by atoms with Crippen LogP contribution < -0.4 is 8.02 Å². The predicted molar refractivity (Wildman–Crippen MR) is 162 cm³/mol. The highest BCUT2D eigenvalue weighted by Gasteiger charge is 2.39. The lowest BCUT2D eigenvalue weighted by Crippen LogP contribution is -2.38. The zero-order valence-corrected chi connectivity index (χ0v) is 24.5. The van der Waals surface area contributed by atoms with Gasteiger partial charge >= 0.3 is 0 Å². The fraction of sp³-hybridized carbons (Fsp3) is 0.133. The van der Waals surface area contributed by atoms with Gasteiger partial charge in [-0.25, -0.2) is 8.42 Å². The molecule has 5 aromatic carbocycles. The molecule has 41 heavy (non-hydrogen) atoms. The van der Waals surface area contributed by atoms with Crippen molar-refractivity contribution in [2.24, 2.45) is 0 Å². The van der Waals surface area contributed by atoms with Gasteiger partial charge in [-0.1, -0.05) is 78.9 Å². The van der Waals surface area contributed by atoms with Crippen LogP contribution >= 0.6 is 0 Å². The molecule has 210 valence electrons. The smallest absolute Gasteiger partial charge is 0.270 e.